The van der Waals surface area contributed by atoms with Crippen molar-refractivity contribution in [3.05, 3.63) is 0 Å². The normalized spacial score (nSPS) is 12.4. The number of nitrogens with one attached hydrogen (secondary N) is 2. The highest BCUT2D eigenvalue weighted by atomic mass is 32.2. The van der Waals surface area contributed by atoms with Crippen LogP contribution in [0.5, 0.6) is 0 Å². The molecule has 9 heteroatoms. The molecule has 0 bridgehead atoms. The van der Waals surface area contributed by atoms with Gasteiger partial charge in [0.1, 0.15) is 0 Å². The van der Waals surface area contributed by atoms with Gasteiger partial charge in [-0.3, -0.25) is 4.79 Å². The summed E-state index contributed by atoms with van der Waals surface area (Å²) in [5.74, 6) is 0.228. The Balaban J connectivity index is 2.35. The number of hydrogen-bond acceptors (Lipinski definition) is 7. The van der Waals surface area contributed by atoms with Crippen molar-refractivity contribution in [2.45, 2.75) is 24.7 Å². The molecule has 1 heterocycles. The van der Waals surface area contributed by atoms with Gasteiger partial charge in [-0.25, -0.2) is 4.68 Å². The number of thioether (sulfide) groups is 1. The fraction of sp³-hybridized carbons (Fsp3) is 0.800. The third kappa shape index (κ3) is 5.99. The van der Waals surface area contributed by atoms with E-state index in [0.717, 1.165) is 6.54 Å². The van der Waals surface area contributed by atoms with Crippen molar-refractivity contribution in [3.63, 3.8) is 0 Å². The number of carbonyl (C=O) groups excluding carboxylic acids is 1. The van der Waals surface area contributed by atoms with Crippen molar-refractivity contribution in [2.24, 2.45) is 0 Å². The lowest BCUT2D eigenvalue weighted by molar-refractivity contribution is -0.119. The number of nitrogens with zero attached hydrogens (tertiary/aromatic N) is 4. The maximum atomic E-state index is 11.7. The van der Waals surface area contributed by atoms with E-state index < -0.39 is 0 Å². The third-order valence-corrected chi connectivity index (χ3v) is 3.19. The summed E-state index contributed by atoms with van der Waals surface area (Å²) in [6.45, 7) is 3.84. The van der Waals surface area contributed by atoms with Gasteiger partial charge in [-0.1, -0.05) is 11.8 Å². The van der Waals surface area contributed by atoms with Crippen LogP contribution >= 0.6 is 11.8 Å². The summed E-state index contributed by atoms with van der Waals surface area (Å²) in [4.78, 5) is 11.7. The first kappa shape index (κ1) is 15.9. The second-order valence-corrected chi connectivity index (χ2v) is 4.94. The van der Waals surface area contributed by atoms with Gasteiger partial charge in [0.05, 0.1) is 18.9 Å². The predicted octanol–water partition coefficient (Wildman–Crippen LogP) is -0.864. The molecule has 1 amide bonds. The van der Waals surface area contributed by atoms with Crippen LogP contribution in [0.2, 0.25) is 0 Å². The average molecular weight is 288 g/mol. The van der Waals surface area contributed by atoms with Gasteiger partial charge in [0, 0.05) is 19.7 Å². The molecule has 19 heavy (non-hydrogen) atoms. The van der Waals surface area contributed by atoms with Gasteiger partial charge >= 0.3 is 0 Å². The highest BCUT2D eigenvalue weighted by Gasteiger charge is 2.11. The van der Waals surface area contributed by atoms with Gasteiger partial charge in [-0.15, -0.1) is 5.10 Å². The van der Waals surface area contributed by atoms with E-state index in [0.29, 0.717) is 18.3 Å². The fourth-order valence-electron chi connectivity index (χ4n) is 1.40. The first-order valence-corrected chi connectivity index (χ1v) is 6.97. The van der Waals surface area contributed by atoms with E-state index in [9.17, 15) is 4.79 Å². The topological polar surface area (TPSA) is 94.0 Å². The molecule has 0 spiro atoms. The molecule has 1 rings (SSSR count). The highest BCUT2D eigenvalue weighted by molar-refractivity contribution is 7.99. The third-order valence-electron chi connectivity index (χ3n) is 2.23. The van der Waals surface area contributed by atoms with Crippen molar-refractivity contribution in [1.29, 1.82) is 0 Å². The largest absolute Gasteiger partial charge is 0.383 e. The number of amides is 1. The number of carbonyl (C=O) groups is 1. The van der Waals surface area contributed by atoms with E-state index in [-0.39, 0.29) is 17.7 Å². The second kappa shape index (κ2) is 8.83. The number of methoxy groups -OCH3 is 1. The van der Waals surface area contributed by atoms with Gasteiger partial charge in [0.2, 0.25) is 11.1 Å². The molecular weight excluding hydrogens is 268 g/mol. The molecule has 8 nitrogen and oxygen atoms in total. The summed E-state index contributed by atoms with van der Waals surface area (Å²) in [6, 6.07) is -0.00149. The summed E-state index contributed by atoms with van der Waals surface area (Å²) >= 11 is 1.32. The van der Waals surface area contributed by atoms with E-state index >= 15 is 0 Å². The quantitative estimate of drug-likeness (QED) is 0.571. The van der Waals surface area contributed by atoms with Gasteiger partial charge in [-0.05, 0) is 24.4 Å². The Labute approximate surface area is 116 Å². The van der Waals surface area contributed by atoms with E-state index in [1.165, 1.54) is 11.8 Å². The molecule has 0 aliphatic heterocycles. The standard InChI is InChI=1S/C10H20N6O2S/c1-8(6-18-3)12-9(17)7-19-10-13-14-15-16(10)5-4-11-2/h8,11H,4-7H2,1-3H3,(H,12,17). The minimum atomic E-state index is -0.0577. The Hall–Kier alpha value is -1.19. The maximum absolute atomic E-state index is 11.7. The molecule has 0 aliphatic rings. The van der Waals surface area contributed by atoms with Crippen molar-refractivity contribution in [3.8, 4) is 0 Å². The van der Waals surface area contributed by atoms with Crippen LogP contribution in [0.25, 0.3) is 0 Å². The number of likely N-dealkylation sites (N-methyl/N-ethyl adjacent to an activating group) is 1. The number of rotatable bonds is 9. The lowest BCUT2D eigenvalue weighted by Gasteiger charge is -2.12. The summed E-state index contributed by atoms with van der Waals surface area (Å²) in [7, 11) is 3.47. The fourth-order valence-corrected chi connectivity index (χ4v) is 2.11. The van der Waals surface area contributed by atoms with Gasteiger partial charge in [-0.2, -0.15) is 0 Å². The minimum Gasteiger partial charge on any atom is -0.383 e. The van der Waals surface area contributed by atoms with Crippen molar-refractivity contribution in [1.82, 2.24) is 30.8 Å². The molecule has 2 N–H and O–H groups in total. The van der Waals surface area contributed by atoms with Crippen LogP contribution in [-0.2, 0) is 16.1 Å². The summed E-state index contributed by atoms with van der Waals surface area (Å²) in [5, 5.41) is 17.9. The van der Waals surface area contributed by atoms with Crippen molar-refractivity contribution >= 4 is 17.7 Å². The zero-order chi connectivity index (χ0) is 14.1. The molecule has 1 unspecified atom stereocenters. The van der Waals surface area contributed by atoms with Crippen LogP contribution in [0, 0.1) is 0 Å². The Morgan fingerprint density at radius 1 is 1.58 bits per heavy atom. The van der Waals surface area contributed by atoms with E-state index in [1.54, 1.807) is 11.8 Å². The number of tetrazole rings is 1. The summed E-state index contributed by atoms with van der Waals surface area (Å²) in [5.41, 5.74) is 0. The zero-order valence-corrected chi connectivity index (χ0v) is 12.2. The maximum Gasteiger partial charge on any atom is 0.230 e. The first-order valence-electron chi connectivity index (χ1n) is 5.99. The van der Waals surface area contributed by atoms with Crippen molar-refractivity contribution in [2.75, 3.05) is 33.1 Å². The summed E-state index contributed by atoms with van der Waals surface area (Å²) in [6.07, 6.45) is 0. The SMILES string of the molecule is CNCCn1nnnc1SCC(=O)NC(C)COC. The molecule has 0 saturated carbocycles. The van der Waals surface area contributed by atoms with Gasteiger partial charge in [0.15, 0.2) is 0 Å². The zero-order valence-electron chi connectivity index (χ0n) is 11.4. The molecule has 1 aromatic rings. The molecule has 0 fully saturated rings. The van der Waals surface area contributed by atoms with Crippen LogP contribution in [0.3, 0.4) is 0 Å². The Morgan fingerprint density at radius 2 is 2.37 bits per heavy atom. The molecule has 0 aliphatic carbocycles. The Kier molecular flexibility index (Phi) is 7.38. The van der Waals surface area contributed by atoms with Gasteiger partial charge < -0.3 is 15.4 Å². The minimum absolute atomic E-state index is 0.00149. The highest BCUT2D eigenvalue weighted by Crippen LogP contribution is 2.12. The monoisotopic (exact) mass is 288 g/mol. The Morgan fingerprint density at radius 3 is 3.05 bits per heavy atom. The van der Waals surface area contributed by atoms with Crippen LogP contribution in [0.1, 0.15) is 6.92 Å². The lowest BCUT2D eigenvalue weighted by atomic mass is 10.3. The number of hydrogen-bond donors (Lipinski definition) is 2. The smallest absolute Gasteiger partial charge is 0.230 e. The van der Waals surface area contributed by atoms with Crippen molar-refractivity contribution < 1.29 is 9.53 Å². The summed E-state index contributed by atoms with van der Waals surface area (Å²) < 4.78 is 6.63. The Bertz CT molecular complexity index is 386. The van der Waals surface area contributed by atoms with Crippen LogP contribution in [0.4, 0.5) is 0 Å². The predicted molar refractivity (Wildman–Crippen MR) is 71.9 cm³/mol. The molecule has 0 radical (unpaired) electrons. The van der Waals surface area contributed by atoms with E-state index in [2.05, 4.69) is 26.2 Å². The molecule has 0 aromatic carbocycles. The van der Waals surface area contributed by atoms with Gasteiger partial charge in [0.25, 0.3) is 0 Å². The molecular formula is C10H20N6O2S. The number of aromatic nitrogens is 4. The second-order valence-electron chi connectivity index (χ2n) is 4.00. The number of ether oxygens (including phenoxy) is 1. The molecule has 1 aromatic heterocycles. The van der Waals surface area contributed by atoms with E-state index in [4.69, 9.17) is 4.74 Å². The van der Waals surface area contributed by atoms with Crippen LogP contribution < -0.4 is 10.6 Å². The molecule has 0 saturated heterocycles. The average Bonchev–Trinajstić information content (AvgIpc) is 2.81. The molecule has 108 valence electrons. The lowest BCUT2D eigenvalue weighted by Crippen LogP contribution is -2.36. The molecule has 1 atom stereocenters. The first-order chi connectivity index (χ1) is 9.17. The van der Waals surface area contributed by atoms with E-state index in [1.807, 2.05) is 14.0 Å². The van der Waals surface area contributed by atoms with Crippen LogP contribution in [0.15, 0.2) is 5.16 Å². The van der Waals surface area contributed by atoms with Crippen LogP contribution in [-0.4, -0.2) is 65.2 Å².